The zero-order valence-electron chi connectivity index (χ0n) is 15.0. The highest BCUT2D eigenvalue weighted by Crippen LogP contribution is 2.27. The number of aromatic nitrogens is 1. The number of nitrogens with one attached hydrogen (secondary N) is 2. The molecule has 6 nitrogen and oxygen atoms in total. The maximum atomic E-state index is 12.5. The van der Waals surface area contributed by atoms with Gasteiger partial charge in [-0.05, 0) is 25.1 Å². The van der Waals surface area contributed by atoms with Crippen molar-refractivity contribution >= 4 is 28.3 Å². The Hall–Kier alpha value is -2.99. The lowest BCUT2D eigenvalue weighted by Crippen LogP contribution is -2.19. The minimum Gasteiger partial charge on any atom is -0.492 e. The van der Waals surface area contributed by atoms with Crippen LogP contribution in [0, 0.1) is 0 Å². The van der Waals surface area contributed by atoms with E-state index in [0.717, 1.165) is 16.6 Å². The fourth-order valence-electron chi connectivity index (χ4n) is 2.85. The van der Waals surface area contributed by atoms with Crippen LogP contribution in [0.3, 0.4) is 0 Å². The highest BCUT2D eigenvalue weighted by Gasteiger charge is 2.12. The molecule has 0 spiro atoms. The number of nitrogens with zero attached hydrogens (tertiary/aromatic N) is 1. The maximum Gasteiger partial charge on any atom is 0.323 e. The summed E-state index contributed by atoms with van der Waals surface area (Å²) >= 11 is 0. The molecule has 26 heavy (non-hydrogen) atoms. The minimum atomic E-state index is -0.313. The first-order valence-corrected chi connectivity index (χ1v) is 8.59. The van der Waals surface area contributed by atoms with Gasteiger partial charge in [0.25, 0.3) is 0 Å². The zero-order valence-corrected chi connectivity index (χ0v) is 15.0. The van der Waals surface area contributed by atoms with Gasteiger partial charge in [-0.15, -0.1) is 0 Å². The minimum absolute atomic E-state index is 0.313. The first-order chi connectivity index (χ1) is 12.7. The van der Waals surface area contributed by atoms with Crippen LogP contribution in [-0.4, -0.2) is 30.9 Å². The Balaban J connectivity index is 1.79. The number of rotatable bonds is 7. The lowest BCUT2D eigenvalue weighted by Gasteiger charge is -2.11. The summed E-state index contributed by atoms with van der Waals surface area (Å²) in [5.41, 5.74) is 2.44. The van der Waals surface area contributed by atoms with Gasteiger partial charge < -0.3 is 24.7 Å². The first kappa shape index (κ1) is 17.8. The van der Waals surface area contributed by atoms with Crippen LogP contribution in [0.1, 0.15) is 6.92 Å². The molecule has 136 valence electrons. The number of hydrogen-bond donors (Lipinski definition) is 2. The molecular weight excluding hydrogens is 330 g/mol. The summed E-state index contributed by atoms with van der Waals surface area (Å²) < 4.78 is 12.8. The molecule has 0 saturated heterocycles. The molecule has 1 aromatic heterocycles. The predicted molar refractivity (Wildman–Crippen MR) is 104 cm³/mol. The third-order valence-electron chi connectivity index (χ3n) is 4.01. The smallest absolute Gasteiger partial charge is 0.323 e. The standard InChI is InChI=1S/C20H23N3O3/c1-3-26-19-11-7-5-9-16(19)21-20(24)22-17-14-23(12-13-25-2)18-10-6-4-8-15(17)18/h4-11,14H,3,12-13H2,1-2H3,(H2,21,22,24). The van der Waals surface area contributed by atoms with Crippen molar-refractivity contribution < 1.29 is 14.3 Å². The molecule has 0 aliphatic carbocycles. The number of urea groups is 1. The van der Waals surface area contributed by atoms with Gasteiger partial charge in [0.2, 0.25) is 0 Å². The molecule has 2 amide bonds. The van der Waals surface area contributed by atoms with Gasteiger partial charge in [0.15, 0.2) is 0 Å². The van der Waals surface area contributed by atoms with Crippen molar-refractivity contribution in [1.29, 1.82) is 0 Å². The molecule has 1 heterocycles. The quantitative estimate of drug-likeness (QED) is 0.664. The first-order valence-electron chi connectivity index (χ1n) is 8.59. The highest BCUT2D eigenvalue weighted by molar-refractivity contribution is 6.06. The number of hydrogen-bond acceptors (Lipinski definition) is 3. The molecule has 0 aliphatic heterocycles. The Kier molecular flexibility index (Phi) is 5.76. The Morgan fingerprint density at radius 1 is 1.04 bits per heavy atom. The summed E-state index contributed by atoms with van der Waals surface area (Å²) in [4.78, 5) is 12.5. The summed E-state index contributed by atoms with van der Waals surface area (Å²) in [6.45, 7) is 3.76. The van der Waals surface area contributed by atoms with Gasteiger partial charge in [0.05, 0.1) is 30.1 Å². The van der Waals surface area contributed by atoms with E-state index in [2.05, 4.69) is 15.2 Å². The monoisotopic (exact) mass is 353 g/mol. The number of amides is 2. The second-order valence-electron chi connectivity index (χ2n) is 5.75. The highest BCUT2D eigenvalue weighted by atomic mass is 16.5. The van der Waals surface area contributed by atoms with Crippen molar-refractivity contribution in [2.45, 2.75) is 13.5 Å². The third-order valence-corrected chi connectivity index (χ3v) is 4.01. The van der Waals surface area contributed by atoms with E-state index in [9.17, 15) is 4.79 Å². The zero-order chi connectivity index (χ0) is 18.4. The average molecular weight is 353 g/mol. The van der Waals surface area contributed by atoms with Gasteiger partial charge in [0, 0.05) is 25.2 Å². The average Bonchev–Trinajstić information content (AvgIpc) is 2.99. The summed E-state index contributed by atoms with van der Waals surface area (Å²) in [6, 6.07) is 15.0. The van der Waals surface area contributed by atoms with Crippen LogP contribution in [0.15, 0.2) is 54.7 Å². The van der Waals surface area contributed by atoms with E-state index in [4.69, 9.17) is 9.47 Å². The van der Waals surface area contributed by atoms with E-state index in [1.807, 2.05) is 61.7 Å². The second-order valence-corrected chi connectivity index (χ2v) is 5.75. The Bertz CT molecular complexity index is 889. The van der Waals surface area contributed by atoms with Crippen molar-refractivity contribution in [3.8, 4) is 5.75 Å². The molecule has 2 N–H and O–H groups in total. The van der Waals surface area contributed by atoms with Gasteiger partial charge in [-0.3, -0.25) is 0 Å². The van der Waals surface area contributed by atoms with Gasteiger partial charge in [-0.2, -0.15) is 0 Å². The lowest BCUT2D eigenvalue weighted by molar-refractivity contribution is 0.188. The number of anilines is 2. The largest absolute Gasteiger partial charge is 0.492 e. The molecule has 0 saturated carbocycles. The number of fused-ring (bicyclic) bond motifs is 1. The van der Waals surface area contributed by atoms with Crippen molar-refractivity contribution in [2.75, 3.05) is 31.0 Å². The number of para-hydroxylation sites is 3. The number of ether oxygens (including phenoxy) is 2. The normalized spacial score (nSPS) is 10.7. The molecule has 3 rings (SSSR count). The van der Waals surface area contributed by atoms with Crippen LogP contribution < -0.4 is 15.4 Å². The van der Waals surface area contributed by atoms with E-state index < -0.39 is 0 Å². The fraction of sp³-hybridized carbons (Fsp3) is 0.250. The van der Waals surface area contributed by atoms with Crippen molar-refractivity contribution in [3.05, 3.63) is 54.7 Å². The van der Waals surface area contributed by atoms with Crippen molar-refractivity contribution in [1.82, 2.24) is 4.57 Å². The van der Waals surface area contributed by atoms with Crippen LogP contribution in [-0.2, 0) is 11.3 Å². The maximum absolute atomic E-state index is 12.5. The van der Waals surface area contributed by atoms with E-state index in [1.54, 1.807) is 7.11 Å². The van der Waals surface area contributed by atoms with E-state index in [1.165, 1.54) is 0 Å². The topological polar surface area (TPSA) is 64.5 Å². The molecule has 0 fully saturated rings. The Morgan fingerprint density at radius 3 is 2.58 bits per heavy atom. The lowest BCUT2D eigenvalue weighted by atomic mass is 10.2. The fourth-order valence-corrected chi connectivity index (χ4v) is 2.85. The van der Waals surface area contributed by atoms with Crippen LogP contribution in [0.5, 0.6) is 5.75 Å². The van der Waals surface area contributed by atoms with Crippen LogP contribution in [0.2, 0.25) is 0 Å². The van der Waals surface area contributed by atoms with E-state index in [0.29, 0.717) is 31.2 Å². The third kappa shape index (κ3) is 3.97. The molecule has 0 unspecified atom stereocenters. The molecule has 0 radical (unpaired) electrons. The predicted octanol–water partition coefficient (Wildman–Crippen LogP) is 4.33. The molecule has 0 atom stereocenters. The number of methoxy groups -OCH3 is 1. The number of benzene rings is 2. The van der Waals surface area contributed by atoms with E-state index in [-0.39, 0.29) is 6.03 Å². The Labute approximate surface area is 152 Å². The molecule has 0 bridgehead atoms. The summed E-state index contributed by atoms with van der Waals surface area (Å²) in [7, 11) is 1.67. The molecular formula is C20H23N3O3. The molecule has 2 aromatic carbocycles. The van der Waals surface area contributed by atoms with Gasteiger partial charge in [0.1, 0.15) is 5.75 Å². The van der Waals surface area contributed by atoms with E-state index >= 15 is 0 Å². The molecule has 0 aliphatic rings. The van der Waals surface area contributed by atoms with Gasteiger partial charge in [-0.25, -0.2) is 4.79 Å². The van der Waals surface area contributed by atoms with Crippen LogP contribution in [0.4, 0.5) is 16.2 Å². The van der Waals surface area contributed by atoms with Crippen molar-refractivity contribution in [3.63, 3.8) is 0 Å². The summed E-state index contributed by atoms with van der Waals surface area (Å²) in [5, 5.41) is 6.77. The number of carbonyl (C=O) groups excluding carboxylic acids is 1. The van der Waals surface area contributed by atoms with Crippen molar-refractivity contribution in [2.24, 2.45) is 0 Å². The van der Waals surface area contributed by atoms with Gasteiger partial charge >= 0.3 is 6.03 Å². The second kappa shape index (κ2) is 8.40. The SMILES string of the molecule is CCOc1ccccc1NC(=O)Nc1cn(CCOC)c2ccccc12. The Morgan fingerprint density at radius 2 is 1.77 bits per heavy atom. The van der Waals surface area contributed by atoms with Gasteiger partial charge in [-0.1, -0.05) is 30.3 Å². The summed E-state index contributed by atoms with van der Waals surface area (Å²) in [5.74, 6) is 0.646. The molecule has 3 aromatic rings. The van der Waals surface area contributed by atoms with Crippen LogP contribution in [0.25, 0.3) is 10.9 Å². The summed E-state index contributed by atoms with van der Waals surface area (Å²) in [6.07, 6.45) is 1.93. The van der Waals surface area contributed by atoms with Crippen LogP contribution >= 0.6 is 0 Å². The number of carbonyl (C=O) groups is 1. The molecule has 6 heteroatoms.